The summed E-state index contributed by atoms with van der Waals surface area (Å²) >= 11 is 1.67. The third-order valence-corrected chi connectivity index (χ3v) is 4.17. The first-order valence-corrected chi connectivity index (χ1v) is 6.66. The minimum atomic E-state index is -0.342. The van der Waals surface area contributed by atoms with E-state index in [2.05, 4.69) is 29.9 Å². The SMILES string of the molecule is COc1cnc(C(N)c2cc(C)c(C)s2)c(OC)n1. The highest BCUT2D eigenvalue weighted by atomic mass is 32.1. The Balaban J connectivity index is 2.40. The molecule has 0 aliphatic rings. The molecule has 0 spiro atoms. The Labute approximate surface area is 116 Å². The fourth-order valence-electron chi connectivity index (χ4n) is 1.72. The van der Waals surface area contributed by atoms with Crippen LogP contribution in [0.4, 0.5) is 0 Å². The van der Waals surface area contributed by atoms with Crippen molar-refractivity contribution >= 4 is 11.3 Å². The summed E-state index contributed by atoms with van der Waals surface area (Å²) in [5, 5.41) is 0. The first kappa shape index (κ1) is 13.8. The molecule has 2 N–H and O–H groups in total. The van der Waals surface area contributed by atoms with Gasteiger partial charge in [-0.1, -0.05) is 0 Å². The van der Waals surface area contributed by atoms with Gasteiger partial charge in [-0.15, -0.1) is 11.3 Å². The number of nitrogens with zero attached hydrogens (tertiary/aromatic N) is 2. The van der Waals surface area contributed by atoms with Crippen LogP contribution >= 0.6 is 11.3 Å². The molecule has 6 heteroatoms. The second-order valence-corrected chi connectivity index (χ2v) is 5.46. The maximum Gasteiger partial charge on any atom is 0.240 e. The van der Waals surface area contributed by atoms with Crippen LogP contribution in [-0.2, 0) is 0 Å². The van der Waals surface area contributed by atoms with Crippen molar-refractivity contribution in [2.75, 3.05) is 14.2 Å². The van der Waals surface area contributed by atoms with Crippen molar-refractivity contribution in [2.45, 2.75) is 19.9 Å². The molecule has 0 bridgehead atoms. The van der Waals surface area contributed by atoms with Crippen LogP contribution < -0.4 is 15.2 Å². The zero-order chi connectivity index (χ0) is 14.0. The van der Waals surface area contributed by atoms with Crippen LogP contribution in [0.2, 0.25) is 0 Å². The second-order valence-electron chi connectivity index (χ2n) is 4.17. The first-order valence-electron chi connectivity index (χ1n) is 5.84. The summed E-state index contributed by atoms with van der Waals surface area (Å²) in [6.07, 6.45) is 1.55. The molecular weight excluding hydrogens is 262 g/mol. The largest absolute Gasteiger partial charge is 0.480 e. The van der Waals surface area contributed by atoms with Gasteiger partial charge in [-0.3, -0.25) is 0 Å². The Hall–Kier alpha value is -1.66. The molecule has 1 unspecified atom stereocenters. The smallest absolute Gasteiger partial charge is 0.240 e. The van der Waals surface area contributed by atoms with Crippen molar-refractivity contribution in [3.05, 3.63) is 33.3 Å². The van der Waals surface area contributed by atoms with Crippen LogP contribution in [0.5, 0.6) is 11.8 Å². The summed E-state index contributed by atoms with van der Waals surface area (Å²) in [6, 6.07) is 1.74. The molecule has 0 aliphatic heterocycles. The highest BCUT2D eigenvalue weighted by molar-refractivity contribution is 7.12. The molecule has 2 aromatic heterocycles. The van der Waals surface area contributed by atoms with Crippen molar-refractivity contribution in [1.29, 1.82) is 0 Å². The fraction of sp³-hybridized carbons (Fsp3) is 0.385. The maximum absolute atomic E-state index is 6.25. The van der Waals surface area contributed by atoms with Gasteiger partial charge in [0.15, 0.2) is 0 Å². The Kier molecular flexibility index (Phi) is 4.01. The fourth-order valence-corrected chi connectivity index (χ4v) is 2.77. The topological polar surface area (TPSA) is 70.3 Å². The number of thiophene rings is 1. The van der Waals surface area contributed by atoms with Crippen LogP contribution in [0.3, 0.4) is 0 Å². The third-order valence-electron chi connectivity index (χ3n) is 2.93. The van der Waals surface area contributed by atoms with E-state index in [0.29, 0.717) is 17.5 Å². The maximum atomic E-state index is 6.25. The van der Waals surface area contributed by atoms with E-state index in [1.165, 1.54) is 17.6 Å². The van der Waals surface area contributed by atoms with Gasteiger partial charge in [0.2, 0.25) is 11.8 Å². The van der Waals surface area contributed by atoms with E-state index in [1.807, 2.05) is 0 Å². The summed E-state index contributed by atoms with van der Waals surface area (Å²) in [7, 11) is 3.08. The summed E-state index contributed by atoms with van der Waals surface area (Å²) in [5.41, 5.74) is 8.10. The third kappa shape index (κ3) is 2.69. The van der Waals surface area contributed by atoms with Crippen LogP contribution in [0, 0.1) is 13.8 Å². The summed E-state index contributed by atoms with van der Waals surface area (Å²) in [4.78, 5) is 10.8. The highest BCUT2D eigenvalue weighted by Gasteiger charge is 2.20. The Morgan fingerprint density at radius 1 is 1.26 bits per heavy atom. The minimum Gasteiger partial charge on any atom is -0.480 e. The van der Waals surface area contributed by atoms with E-state index in [9.17, 15) is 0 Å². The van der Waals surface area contributed by atoms with E-state index in [-0.39, 0.29) is 6.04 Å². The van der Waals surface area contributed by atoms with Gasteiger partial charge in [0.05, 0.1) is 26.5 Å². The standard InChI is InChI=1S/C13H17N3O2S/c1-7-5-9(19-8(7)2)11(14)12-13(18-4)16-10(17-3)6-15-12/h5-6,11H,14H2,1-4H3. The number of ether oxygens (including phenoxy) is 2. The predicted octanol–water partition coefficient (Wildman–Crippen LogP) is 2.22. The summed E-state index contributed by atoms with van der Waals surface area (Å²) < 4.78 is 10.3. The zero-order valence-electron chi connectivity index (χ0n) is 11.4. The summed E-state index contributed by atoms with van der Waals surface area (Å²) in [5.74, 6) is 0.807. The van der Waals surface area contributed by atoms with Gasteiger partial charge in [-0.25, -0.2) is 4.98 Å². The second kappa shape index (κ2) is 5.54. The van der Waals surface area contributed by atoms with Crippen molar-refractivity contribution in [3.63, 3.8) is 0 Å². The highest BCUT2D eigenvalue weighted by Crippen LogP contribution is 2.32. The lowest BCUT2D eigenvalue weighted by molar-refractivity contribution is 0.355. The lowest BCUT2D eigenvalue weighted by Gasteiger charge is -2.13. The number of hydrogen-bond acceptors (Lipinski definition) is 6. The molecule has 2 rings (SSSR count). The molecule has 102 valence electrons. The molecule has 0 aromatic carbocycles. The molecular formula is C13H17N3O2S. The lowest BCUT2D eigenvalue weighted by atomic mass is 10.1. The normalized spacial score (nSPS) is 12.3. The van der Waals surface area contributed by atoms with Crippen LogP contribution in [-0.4, -0.2) is 24.2 Å². The molecule has 0 radical (unpaired) electrons. The first-order chi connectivity index (χ1) is 9.06. The number of nitrogens with two attached hydrogens (primary N) is 1. The van der Waals surface area contributed by atoms with E-state index >= 15 is 0 Å². The summed E-state index contributed by atoms with van der Waals surface area (Å²) in [6.45, 7) is 4.14. The number of aryl methyl sites for hydroxylation is 2. The van der Waals surface area contributed by atoms with Crippen molar-refractivity contribution < 1.29 is 9.47 Å². The van der Waals surface area contributed by atoms with E-state index in [1.54, 1.807) is 24.6 Å². The van der Waals surface area contributed by atoms with E-state index < -0.39 is 0 Å². The Bertz CT molecular complexity index is 564. The number of rotatable bonds is 4. The van der Waals surface area contributed by atoms with Gasteiger partial charge in [0, 0.05) is 9.75 Å². The molecule has 5 nitrogen and oxygen atoms in total. The average molecular weight is 279 g/mol. The quantitative estimate of drug-likeness (QED) is 0.929. The molecule has 0 saturated carbocycles. The lowest BCUT2D eigenvalue weighted by Crippen LogP contribution is -2.14. The monoisotopic (exact) mass is 279 g/mol. The van der Waals surface area contributed by atoms with E-state index in [4.69, 9.17) is 15.2 Å². The molecule has 2 aromatic rings. The van der Waals surface area contributed by atoms with Crippen molar-refractivity contribution in [1.82, 2.24) is 9.97 Å². The molecule has 0 saturated heterocycles. The van der Waals surface area contributed by atoms with Crippen LogP contribution in [0.15, 0.2) is 12.3 Å². The van der Waals surface area contributed by atoms with Crippen LogP contribution in [0.1, 0.15) is 27.1 Å². The molecule has 1 atom stereocenters. The predicted molar refractivity (Wildman–Crippen MR) is 75.0 cm³/mol. The number of methoxy groups -OCH3 is 2. The van der Waals surface area contributed by atoms with Crippen molar-refractivity contribution in [3.8, 4) is 11.8 Å². The van der Waals surface area contributed by atoms with Gasteiger partial charge in [0.25, 0.3) is 0 Å². The molecule has 2 heterocycles. The molecule has 0 amide bonds. The van der Waals surface area contributed by atoms with Gasteiger partial charge >= 0.3 is 0 Å². The number of hydrogen-bond donors (Lipinski definition) is 1. The molecule has 0 aliphatic carbocycles. The number of aromatic nitrogens is 2. The Morgan fingerprint density at radius 2 is 2.00 bits per heavy atom. The molecule has 19 heavy (non-hydrogen) atoms. The van der Waals surface area contributed by atoms with Crippen LogP contribution in [0.25, 0.3) is 0 Å². The molecule has 0 fully saturated rings. The van der Waals surface area contributed by atoms with Gasteiger partial charge in [0.1, 0.15) is 5.69 Å². The van der Waals surface area contributed by atoms with Gasteiger partial charge in [-0.2, -0.15) is 4.98 Å². The van der Waals surface area contributed by atoms with Gasteiger partial charge in [-0.05, 0) is 25.5 Å². The Morgan fingerprint density at radius 3 is 2.53 bits per heavy atom. The van der Waals surface area contributed by atoms with Gasteiger partial charge < -0.3 is 15.2 Å². The van der Waals surface area contributed by atoms with E-state index in [0.717, 1.165) is 4.88 Å². The zero-order valence-corrected chi connectivity index (χ0v) is 12.2. The average Bonchev–Trinajstić information content (AvgIpc) is 2.77. The van der Waals surface area contributed by atoms with Crippen molar-refractivity contribution in [2.24, 2.45) is 5.73 Å². The minimum absolute atomic E-state index is 0.342.